The molecule has 1 aliphatic carbocycles. The molecule has 2 rings (SSSR count). The first-order chi connectivity index (χ1) is 9.19. The van der Waals surface area contributed by atoms with Gasteiger partial charge in [-0.25, -0.2) is 9.78 Å². The molecule has 0 aliphatic heterocycles. The van der Waals surface area contributed by atoms with Gasteiger partial charge in [-0.15, -0.1) is 0 Å². The highest BCUT2D eigenvalue weighted by Gasteiger charge is 2.22. The second kappa shape index (κ2) is 6.17. The van der Waals surface area contributed by atoms with Crippen LogP contribution < -0.4 is 10.6 Å². The summed E-state index contributed by atoms with van der Waals surface area (Å²) >= 11 is 0. The van der Waals surface area contributed by atoms with E-state index in [1.165, 1.54) is 6.20 Å². The molecule has 1 aliphatic rings. The quantitative estimate of drug-likeness (QED) is 0.747. The van der Waals surface area contributed by atoms with Crippen molar-refractivity contribution in [1.82, 2.24) is 10.3 Å². The third-order valence-electron chi connectivity index (χ3n) is 2.65. The predicted molar refractivity (Wildman–Crippen MR) is 69.8 cm³/mol. The molecular weight excluding hydrogens is 246 g/mol. The molecule has 6 heteroatoms. The van der Waals surface area contributed by atoms with Crippen LogP contribution in [0.2, 0.25) is 0 Å². The van der Waals surface area contributed by atoms with Gasteiger partial charge in [0.1, 0.15) is 5.82 Å². The van der Waals surface area contributed by atoms with Crippen molar-refractivity contribution >= 4 is 17.7 Å². The second-order valence-corrected chi connectivity index (χ2v) is 4.35. The highest BCUT2D eigenvalue weighted by atomic mass is 16.5. The molecule has 2 N–H and O–H groups in total. The molecule has 102 valence electrons. The number of hydrogen-bond donors (Lipinski definition) is 2. The Kier molecular flexibility index (Phi) is 4.33. The molecule has 1 heterocycles. The number of nitrogens with zero attached hydrogens (tertiary/aromatic N) is 1. The molecule has 0 radical (unpaired) electrons. The summed E-state index contributed by atoms with van der Waals surface area (Å²) in [6, 6.07) is 3.62. The molecule has 0 bridgehead atoms. The fourth-order valence-corrected chi connectivity index (χ4v) is 1.51. The predicted octanol–water partition coefficient (Wildman–Crippen LogP) is 0.949. The van der Waals surface area contributed by atoms with Gasteiger partial charge in [0.05, 0.1) is 18.7 Å². The van der Waals surface area contributed by atoms with Gasteiger partial charge in [0.2, 0.25) is 5.91 Å². The first-order valence-electron chi connectivity index (χ1n) is 6.35. The molecule has 19 heavy (non-hydrogen) atoms. The van der Waals surface area contributed by atoms with Gasteiger partial charge in [0.15, 0.2) is 0 Å². The smallest absolute Gasteiger partial charge is 0.339 e. The number of anilines is 1. The van der Waals surface area contributed by atoms with Crippen LogP contribution in [0, 0.1) is 0 Å². The van der Waals surface area contributed by atoms with Gasteiger partial charge >= 0.3 is 5.97 Å². The first-order valence-corrected chi connectivity index (χ1v) is 6.35. The first kappa shape index (κ1) is 13.3. The summed E-state index contributed by atoms with van der Waals surface area (Å²) in [5.74, 6) is 0.116. The van der Waals surface area contributed by atoms with Crippen LogP contribution in [0.5, 0.6) is 0 Å². The largest absolute Gasteiger partial charge is 0.462 e. The van der Waals surface area contributed by atoms with E-state index in [1.54, 1.807) is 19.1 Å². The average molecular weight is 263 g/mol. The van der Waals surface area contributed by atoms with Crippen LogP contribution in [-0.4, -0.2) is 36.1 Å². The van der Waals surface area contributed by atoms with E-state index in [9.17, 15) is 9.59 Å². The summed E-state index contributed by atoms with van der Waals surface area (Å²) in [5, 5.41) is 5.77. The zero-order valence-corrected chi connectivity index (χ0v) is 10.8. The van der Waals surface area contributed by atoms with Crippen LogP contribution in [0.1, 0.15) is 30.1 Å². The van der Waals surface area contributed by atoms with Crippen LogP contribution in [0.3, 0.4) is 0 Å². The van der Waals surface area contributed by atoms with E-state index in [0.29, 0.717) is 24.0 Å². The molecule has 0 spiro atoms. The molecular formula is C13H17N3O3. The Morgan fingerprint density at radius 2 is 2.21 bits per heavy atom. The van der Waals surface area contributed by atoms with Crippen LogP contribution in [0.15, 0.2) is 18.3 Å². The topological polar surface area (TPSA) is 80.3 Å². The summed E-state index contributed by atoms with van der Waals surface area (Å²) in [4.78, 5) is 26.9. The Hall–Kier alpha value is -2.11. The maximum absolute atomic E-state index is 11.5. The van der Waals surface area contributed by atoms with Gasteiger partial charge in [-0.3, -0.25) is 4.79 Å². The van der Waals surface area contributed by atoms with Crippen molar-refractivity contribution in [3.8, 4) is 0 Å². The van der Waals surface area contributed by atoms with Crippen molar-refractivity contribution in [3.63, 3.8) is 0 Å². The number of nitrogens with one attached hydrogen (secondary N) is 2. The third kappa shape index (κ3) is 4.24. The number of ether oxygens (including phenoxy) is 1. The van der Waals surface area contributed by atoms with E-state index >= 15 is 0 Å². The zero-order chi connectivity index (χ0) is 13.7. The molecule has 1 saturated carbocycles. The highest BCUT2D eigenvalue weighted by molar-refractivity contribution is 5.89. The van der Waals surface area contributed by atoms with Gasteiger partial charge in [0, 0.05) is 12.2 Å². The number of pyridine rings is 1. The van der Waals surface area contributed by atoms with Crippen LogP contribution >= 0.6 is 0 Å². The van der Waals surface area contributed by atoms with Crippen molar-refractivity contribution in [2.24, 2.45) is 0 Å². The lowest BCUT2D eigenvalue weighted by Crippen LogP contribution is -2.31. The average Bonchev–Trinajstić information content (AvgIpc) is 3.21. The molecule has 6 nitrogen and oxygen atoms in total. The normalized spacial score (nSPS) is 13.7. The summed E-state index contributed by atoms with van der Waals surface area (Å²) in [6.45, 7) is 2.27. The van der Waals surface area contributed by atoms with Crippen molar-refractivity contribution in [3.05, 3.63) is 23.9 Å². The Morgan fingerprint density at radius 3 is 2.79 bits per heavy atom. The van der Waals surface area contributed by atoms with Crippen molar-refractivity contribution in [2.45, 2.75) is 25.8 Å². The van der Waals surface area contributed by atoms with Crippen LogP contribution in [0.25, 0.3) is 0 Å². The summed E-state index contributed by atoms with van der Waals surface area (Å²) in [5.41, 5.74) is 0.398. The number of esters is 1. The van der Waals surface area contributed by atoms with Gasteiger partial charge in [-0.1, -0.05) is 0 Å². The molecule has 0 aromatic carbocycles. The third-order valence-corrected chi connectivity index (χ3v) is 2.65. The van der Waals surface area contributed by atoms with Crippen LogP contribution in [0.4, 0.5) is 5.82 Å². The Bertz CT molecular complexity index is 455. The molecule has 1 aromatic rings. The zero-order valence-electron chi connectivity index (χ0n) is 10.8. The van der Waals surface area contributed by atoms with Crippen molar-refractivity contribution in [2.75, 3.05) is 18.5 Å². The second-order valence-electron chi connectivity index (χ2n) is 4.35. The van der Waals surface area contributed by atoms with Gasteiger partial charge in [-0.2, -0.15) is 0 Å². The number of hydrogen-bond acceptors (Lipinski definition) is 5. The van der Waals surface area contributed by atoms with Gasteiger partial charge < -0.3 is 15.4 Å². The molecule has 1 amide bonds. The lowest BCUT2D eigenvalue weighted by molar-refractivity contribution is -0.119. The van der Waals surface area contributed by atoms with Gasteiger partial charge in [0.25, 0.3) is 0 Å². The highest BCUT2D eigenvalue weighted by Crippen LogP contribution is 2.18. The number of carbonyl (C=O) groups is 2. The number of rotatable bonds is 6. The van der Waals surface area contributed by atoms with Gasteiger partial charge in [-0.05, 0) is 31.9 Å². The monoisotopic (exact) mass is 263 g/mol. The summed E-state index contributed by atoms with van der Waals surface area (Å²) in [7, 11) is 0. The number of carbonyl (C=O) groups excluding carboxylic acids is 2. The van der Waals surface area contributed by atoms with E-state index in [0.717, 1.165) is 12.8 Å². The fourth-order valence-electron chi connectivity index (χ4n) is 1.51. The Morgan fingerprint density at radius 1 is 1.42 bits per heavy atom. The summed E-state index contributed by atoms with van der Waals surface area (Å²) < 4.78 is 4.85. The number of aromatic nitrogens is 1. The summed E-state index contributed by atoms with van der Waals surface area (Å²) in [6.07, 6.45) is 3.57. The van der Waals surface area contributed by atoms with Crippen molar-refractivity contribution in [1.29, 1.82) is 0 Å². The van der Waals surface area contributed by atoms with Crippen LogP contribution in [-0.2, 0) is 9.53 Å². The maximum atomic E-state index is 11.5. The lowest BCUT2D eigenvalue weighted by Gasteiger charge is -2.07. The number of amides is 1. The molecule has 0 unspecified atom stereocenters. The lowest BCUT2D eigenvalue weighted by atomic mass is 10.3. The SMILES string of the molecule is CCOC(=O)c1ccc(NCC(=O)NC2CC2)nc1. The molecule has 1 aromatic heterocycles. The van der Waals surface area contributed by atoms with E-state index < -0.39 is 5.97 Å². The Labute approximate surface area is 111 Å². The molecule has 1 fully saturated rings. The minimum Gasteiger partial charge on any atom is -0.462 e. The molecule has 0 saturated heterocycles. The maximum Gasteiger partial charge on any atom is 0.339 e. The van der Waals surface area contributed by atoms with E-state index in [2.05, 4.69) is 15.6 Å². The fraction of sp³-hybridized carbons (Fsp3) is 0.462. The van der Waals surface area contributed by atoms with E-state index in [4.69, 9.17) is 4.74 Å². The van der Waals surface area contributed by atoms with E-state index in [-0.39, 0.29) is 12.5 Å². The minimum atomic E-state index is -0.395. The molecule has 0 atom stereocenters. The van der Waals surface area contributed by atoms with E-state index in [1.807, 2.05) is 0 Å². The standard InChI is InChI=1S/C13H17N3O3/c1-2-19-13(18)9-3-6-11(14-7-9)15-8-12(17)16-10-4-5-10/h3,6-7,10H,2,4-5,8H2,1H3,(H,14,15)(H,16,17). The Balaban J connectivity index is 1.80. The van der Waals surface area contributed by atoms with Crippen molar-refractivity contribution < 1.29 is 14.3 Å². The minimum absolute atomic E-state index is 0.0428.